The van der Waals surface area contributed by atoms with Gasteiger partial charge in [0, 0.05) is 23.5 Å². The van der Waals surface area contributed by atoms with Gasteiger partial charge >= 0.3 is 5.97 Å². The number of phenolic OH excluding ortho intramolecular Hbond substituents is 4. The van der Waals surface area contributed by atoms with E-state index in [1.54, 1.807) is 36.5 Å². The van der Waals surface area contributed by atoms with Crippen LogP contribution in [-0.4, -0.2) is 48.8 Å². The minimum atomic E-state index is -1.01. The lowest BCUT2D eigenvalue weighted by atomic mass is 10.0. The number of benzene rings is 3. The summed E-state index contributed by atoms with van der Waals surface area (Å²) in [5.41, 5.74) is 2.95. The van der Waals surface area contributed by atoms with E-state index in [2.05, 4.69) is 6.92 Å². The van der Waals surface area contributed by atoms with Crippen LogP contribution in [0.5, 0.6) is 23.0 Å². The van der Waals surface area contributed by atoms with Crippen molar-refractivity contribution in [2.24, 2.45) is 0 Å². The summed E-state index contributed by atoms with van der Waals surface area (Å²) in [6.45, 7) is 2.02. The van der Waals surface area contributed by atoms with Crippen LogP contribution in [0.15, 0.2) is 60.8 Å². The highest BCUT2D eigenvalue weighted by atomic mass is 16.5. The first kappa shape index (κ1) is 25.9. The van der Waals surface area contributed by atoms with Crippen molar-refractivity contribution in [1.82, 2.24) is 4.57 Å². The van der Waals surface area contributed by atoms with E-state index >= 15 is 0 Å². The predicted octanol–water partition coefficient (Wildman–Crippen LogP) is 4.62. The van der Waals surface area contributed by atoms with Crippen LogP contribution in [0.3, 0.4) is 0 Å². The second-order valence-electron chi connectivity index (χ2n) is 9.20. The molecule has 4 aromatic rings. The second kappa shape index (κ2) is 11.3. The van der Waals surface area contributed by atoms with E-state index in [1.165, 1.54) is 24.3 Å². The highest BCUT2D eigenvalue weighted by Gasteiger charge is 2.18. The van der Waals surface area contributed by atoms with Gasteiger partial charge in [0.05, 0.1) is 23.8 Å². The number of rotatable bonds is 10. The fraction of sp³-hybridized carbons (Fsp3) is 0.276. The summed E-state index contributed by atoms with van der Waals surface area (Å²) in [5.74, 6) is -0.507. The van der Waals surface area contributed by atoms with Gasteiger partial charge in [-0.25, -0.2) is 4.79 Å². The third kappa shape index (κ3) is 6.16. The lowest BCUT2D eigenvalue weighted by molar-refractivity contribution is 0.0259. The van der Waals surface area contributed by atoms with Gasteiger partial charge in [-0.2, -0.15) is 0 Å². The van der Waals surface area contributed by atoms with E-state index < -0.39 is 12.1 Å². The van der Waals surface area contributed by atoms with Gasteiger partial charge in [0.1, 0.15) is 29.6 Å². The highest BCUT2D eigenvalue weighted by Crippen LogP contribution is 2.33. The lowest BCUT2D eigenvalue weighted by Crippen LogP contribution is -2.21. The molecule has 0 aliphatic heterocycles. The molecule has 0 aliphatic carbocycles. The Morgan fingerprint density at radius 2 is 1.62 bits per heavy atom. The zero-order valence-corrected chi connectivity index (χ0v) is 20.6. The van der Waals surface area contributed by atoms with E-state index in [0.717, 1.165) is 30.3 Å². The van der Waals surface area contributed by atoms with Gasteiger partial charge in [-0.1, -0.05) is 13.3 Å². The van der Waals surface area contributed by atoms with Crippen molar-refractivity contribution < 1.29 is 35.1 Å². The van der Waals surface area contributed by atoms with Crippen LogP contribution in [0, 0.1) is 0 Å². The zero-order chi connectivity index (χ0) is 26.5. The lowest BCUT2D eigenvalue weighted by Gasteiger charge is -2.12. The molecule has 194 valence electrons. The van der Waals surface area contributed by atoms with Gasteiger partial charge < -0.3 is 34.8 Å². The average Bonchev–Trinajstić information content (AvgIpc) is 3.19. The summed E-state index contributed by atoms with van der Waals surface area (Å²) in [6, 6.07) is 13.8. The molecule has 37 heavy (non-hydrogen) atoms. The number of aromatic hydroxyl groups is 4. The number of ether oxygens (including phenoxy) is 1. The third-order valence-electron chi connectivity index (χ3n) is 6.32. The predicted molar refractivity (Wildman–Crippen MR) is 139 cm³/mol. The number of fused-ring (bicyclic) bond motifs is 1. The Balaban J connectivity index is 1.52. The molecule has 0 bridgehead atoms. The number of phenols is 4. The summed E-state index contributed by atoms with van der Waals surface area (Å²) in [7, 11) is 0. The minimum Gasteiger partial charge on any atom is -0.508 e. The van der Waals surface area contributed by atoms with Gasteiger partial charge in [-0.05, 0) is 78.6 Å². The highest BCUT2D eigenvalue weighted by molar-refractivity contribution is 5.89. The summed E-state index contributed by atoms with van der Waals surface area (Å²) < 4.78 is 7.05. The van der Waals surface area contributed by atoms with Crippen molar-refractivity contribution >= 4 is 16.9 Å². The van der Waals surface area contributed by atoms with E-state index in [9.17, 15) is 30.3 Å². The summed E-state index contributed by atoms with van der Waals surface area (Å²) in [6.07, 6.45) is 3.66. The molecule has 0 radical (unpaired) electrons. The fourth-order valence-electron chi connectivity index (χ4n) is 4.37. The van der Waals surface area contributed by atoms with E-state index in [4.69, 9.17) is 4.74 Å². The number of carbonyl (C=O) groups excluding carboxylic acids is 1. The van der Waals surface area contributed by atoms with Crippen molar-refractivity contribution in [2.45, 2.75) is 45.3 Å². The normalized spacial score (nSPS) is 12.1. The number of aromatic nitrogens is 1. The molecule has 1 atom stereocenters. The van der Waals surface area contributed by atoms with Gasteiger partial charge in [0.2, 0.25) is 0 Å². The number of hydrogen-bond acceptors (Lipinski definition) is 7. The summed E-state index contributed by atoms with van der Waals surface area (Å²) in [4.78, 5) is 12.2. The number of esters is 1. The van der Waals surface area contributed by atoms with E-state index in [-0.39, 0.29) is 48.1 Å². The van der Waals surface area contributed by atoms with Crippen LogP contribution in [0.2, 0.25) is 0 Å². The monoisotopic (exact) mass is 505 g/mol. The maximum Gasteiger partial charge on any atom is 0.338 e. The minimum absolute atomic E-state index is 0.00876. The number of aryl methyl sites for hydroxylation is 1. The van der Waals surface area contributed by atoms with Crippen LogP contribution in [-0.2, 0) is 24.1 Å². The number of hydrogen-bond donors (Lipinski definition) is 5. The third-order valence-corrected chi connectivity index (χ3v) is 6.32. The molecule has 0 spiro atoms. The molecule has 0 saturated heterocycles. The molecule has 0 unspecified atom stereocenters. The quantitative estimate of drug-likeness (QED) is 0.199. The largest absolute Gasteiger partial charge is 0.508 e. The molecule has 3 aromatic carbocycles. The Morgan fingerprint density at radius 3 is 2.30 bits per heavy atom. The van der Waals surface area contributed by atoms with Gasteiger partial charge in [-0.15, -0.1) is 0 Å². The maximum absolute atomic E-state index is 12.2. The Labute approximate surface area is 214 Å². The molecule has 1 aromatic heterocycles. The molecule has 8 heteroatoms. The van der Waals surface area contributed by atoms with Gasteiger partial charge in [-0.3, -0.25) is 0 Å². The second-order valence-corrected chi connectivity index (χ2v) is 9.20. The van der Waals surface area contributed by atoms with Gasteiger partial charge in [0.15, 0.2) is 0 Å². The Bertz CT molecular complexity index is 1370. The van der Waals surface area contributed by atoms with Crippen molar-refractivity contribution in [3.05, 3.63) is 83.0 Å². The van der Waals surface area contributed by atoms with Crippen molar-refractivity contribution in [1.29, 1.82) is 0 Å². The fourth-order valence-corrected chi connectivity index (χ4v) is 4.37. The first-order chi connectivity index (χ1) is 17.7. The Hall–Kier alpha value is -4.17. The molecular weight excluding hydrogens is 474 g/mol. The number of carbonyl (C=O) groups is 1. The van der Waals surface area contributed by atoms with Gasteiger partial charge in [0.25, 0.3) is 0 Å². The van der Waals surface area contributed by atoms with Crippen molar-refractivity contribution in [2.75, 3.05) is 6.61 Å². The molecular formula is C29H31NO7. The molecule has 0 aliphatic rings. The number of nitrogens with zero attached hydrogens (tertiary/aromatic N) is 1. The van der Waals surface area contributed by atoms with Crippen LogP contribution in [0.4, 0.5) is 0 Å². The Kier molecular flexibility index (Phi) is 7.89. The molecule has 0 amide bonds. The molecule has 4 rings (SSSR count). The SMILES string of the molecule is CCCCc1cc(O)c(Cn2cc(C[C@H](O)COC(=O)c3ccc(O)cc3)c3cc(O)ccc32)c(O)c1. The summed E-state index contributed by atoms with van der Waals surface area (Å²) >= 11 is 0. The van der Waals surface area contributed by atoms with Crippen LogP contribution >= 0.6 is 0 Å². The Morgan fingerprint density at radius 1 is 0.946 bits per heavy atom. The zero-order valence-electron chi connectivity index (χ0n) is 20.6. The number of aliphatic hydroxyl groups is 1. The molecule has 0 saturated carbocycles. The topological polar surface area (TPSA) is 132 Å². The van der Waals surface area contributed by atoms with Crippen molar-refractivity contribution in [3.8, 4) is 23.0 Å². The smallest absolute Gasteiger partial charge is 0.338 e. The molecule has 1 heterocycles. The van der Waals surface area contributed by atoms with Crippen LogP contribution < -0.4 is 0 Å². The number of aliphatic hydroxyl groups excluding tert-OH is 1. The molecule has 5 N–H and O–H groups in total. The van der Waals surface area contributed by atoms with Crippen LogP contribution in [0.1, 0.15) is 46.8 Å². The standard InChI is InChI=1S/C29H31NO7/c1-2-3-4-18-11-27(34)25(28(35)12-18)16-30-15-20(24-14-22(32)9-10-26(24)30)13-23(33)17-37-29(36)19-5-7-21(31)8-6-19/h5-12,14-15,23,31-35H,2-4,13,16-17H2,1H3/t23-/m0/s1. The molecule has 0 fully saturated rings. The maximum atomic E-state index is 12.2. The first-order valence-corrected chi connectivity index (χ1v) is 12.2. The van der Waals surface area contributed by atoms with Crippen molar-refractivity contribution in [3.63, 3.8) is 0 Å². The molecule has 8 nitrogen and oxygen atoms in total. The average molecular weight is 506 g/mol. The van der Waals surface area contributed by atoms with E-state index in [0.29, 0.717) is 16.5 Å². The number of unbranched alkanes of at least 4 members (excludes halogenated alkanes) is 1. The van der Waals surface area contributed by atoms with E-state index in [1.807, 2.05) is 4.57 Å². The first-order valence-electron chi connectivity index (χ1n) is 12.2. The van der Waals surface area contributed by atoms with Crippen LogP contribution in [0.25, 0.3) is 10.9 Å². The summed E-state index contributed by atoms with van der Waals surface area (Å²) in [5, 5.41) is 51.9.